The lowest BCUT2D eigenvalue weighted by Crippen LogP contribution is -2.46. The minimum atomic E-state index is -5.99. The van der Waals surface area contributed by atoms with Crippen molar-refractivity contribution in [3.8, 4) is 22.4 Å². The number of anilines is 4. The van der Waals surface area contributed by atoms with E-state index in [2.05, 4.69) is 14.9 Å². The number of halogens is 5. The number of likely N-dealkylation sites (tertiary alicyclic amines) is 1. The van der Waals surface area contributed by atoms with Crippen LogP contribution in [0.15, 0.2) is 99.6 Å². The topological polar surface area (TPSA) is 161 Å². The van der Waals surface area contributed by atoms with Crippen LogP contribution in [0, 0.1) is 12.7 Å². The van der Waals surface area contributed by atoms with Gasteiger partial charge in [0.1, 0.15) is 10.7 Å². The third kappa shape index (κ3) is 11.5. The quantitative estimate of drug-likeness (QED) is 0.0808. The van der Waals surface area contributed by atoms with Crippen molar-refractivity contribution in [3.05, 3.63) is 101 Å². The molecule has 3 N–H and O–H groups in total. The summed E-state index contributed by atoms with van der Waals surface area (Å²) in [5, 5.41) is 13.2. The second kappa shape index (κ2) is 20.5. The molecule has 1 aromatic heterocycles. The van der Waals surface area contributed by atoms with Crippen molar-refractivity contribution in [1.82, 2.24) is 9.47 Å². The van der Waals surface area contributed by atoms with Gasteiger partial charge in [0.15, 0.2) is 9.84 Å². The van der Waals surface area contributed by atoms with Crippen LogP contribution in [0.25, 0.3) is 22.4 Å². The Morgan fingerprint density at radius 1 is 0.797 bits per heavy atom. The Bertz CT molecular complexity index is 2990. The Hall–Kier alpha value is -4.86. The molecule has 0 amide bonds. The van der Waals surface area contributed by atoms with Gasteiger partial charge in [-0.3, -0.25) is 4.72 Å². The Morgan fingerprint density at radius 2 is 1.41 bits per heavy atom. The normalized spacial score (nSPS) is 16.3. The molecule has 3 heterocycles. The van der Waals surface area contributed by atoms with Crippen LogP contribution in [0.5, 0.6) is 0 Å². The number of aliphatic hydroxyl groups is 1. The van der Waals surface area contributed by atoms with Crippen LogP contribution in [0.3, 0.4) is 0 Å². The van der Waals surface area contributed by atoms with Crippen molar-refractivity contribution in [2.45, 2.75) is 91.8 Å². The van der Waals surface area contributed by atoms with Gasteiger partial charge in [0.2, 0.25) is 0 Å². The predicted octanol–water partition coefficient (Wildman–Crippen LogP) is 9.37. The van der Waals surface area contributed by atoms with E-state index in [1.54, 1.807) is 44.2 Å². The second-order valence-electron chi connectivity index (χ2n) is 17.9. The molecule has 374 valence electrons. The van der Waals surface area contributed by atoms with Gasteiger partial charge < -0.3 is 29.7 Å². The number of sulfonamides is 1. The van der Waals surface area contributed by atoms with Crippen molar-refractivity contribution in [3.63, 3.8) is 0 Å². The summed E-state index contributed by atoms with van der Waals surface area (Å²) in [6.07, 6.45) is 2.90. The molecule has 5 aromatic rings. The largest absolute Gasteiger partial charge is 0.501 e. The molecule has 7 rings (SSSR count). The Morgan fingerprint density at radius 3 is 1.97 bits per heavy atom. The molecule has 13 nitrogen and oxygen atoms in total. The van der Waals surface area contributed by atoms with Crippen molar-refractivity contribution in [2.75, 3.05) is 71.9 Å². The van der Waals surface area contributed by atoms with Crippen LogP contribution in [0.1, 0.15) is 58.2 Å². The van der Waals surface area contributed by atoms with Crippen molar-refractivity contribution in [2.24, 2.45) is 0 Å². The summed E-state index contributed by atoms with van der Waals surface area (Å²) in [5.74, 6) is -0.544. The van der Waals surface area contributed by atoms with Gasteiger partial charge in [-0.2, -0.15) is 13.2 Å². The van der Waals surface area contributed by atoms with Gasteiger partial charge in [0, 0.05) is 97.5 Å². The summed E-state index contributed by atoms with van der Waals surface area (Å²) in [4.78, 5) is 4.39. The maximum atomic E-state index is 15.7. The molecule has 2 fully saturated rings. The number of alkyl halides is 3. The predicted molar refractivity (Wildman–Crippen MR) is 264 cm³/mol. The smallest absolute Gasteiger partial charge is 0.393 e. The molecule has 69 heavy (non-hydrogen) atoms. The average Bonchev–Trinajstić information content (AvgIpc) is 3.62. The molecule has 0 bridgehead atoms. The molecule has 0 radical (unpaired) electrons. The third-order valence-electron chi connectivity index (χ3n) is 12.8. The van der Waals surface area contributed by atoms with E-state index in [1.807, 2.05) is 40.3 Å². The highest BCUT2D eigenvalue weighted by Crippen LogP contribution is 2.45. The Labute approximate surface area is 407 Å². The number of sulfone groups is 2. The van der Waals surface area contributed by atoms with Crippen LogP contribution in [-0.4, -0.2) is 110 Å². The first-order valence-electron chi connectivity index (χ1n) is 22.6. The van der Waals surface area contributed by atoms with Crippen LogP contribution < -0.4 is 19.8 Å². The number of hydrogen-bond acceptors (Lipinski definition) is 11. The van der Waals surface area contributed by atoms with Gasteiger partial charge in [-0.1, -0.05) is 30.7 Å². The fraction of sp³-hybridized carbons (Fsp3) is 0.417. The summed E-state index contributed by atoms with van der Waals surface area (Å²) in [7, 11) is -14.4. The first-order chi connectivity index (χ1) is 32.4. The SMILES string of the molecule is CC[C@@H](CCN1CCC(O)CC1)Nc1ccc(S(=O)(=O)Nc2ccc(N3CCN(c4cc(F)cc(-c5c(S(C)(=O)=O)c(C)n(C(C)C)c5-c5ccc(Cl)cc5)c4)CC3)cc2)cc1S(=O)(=O)C(F)(F)F. The lowest BCUT2D eigenvalue weighted by Gasteiger charge is -2.37. The van der Waals surface area contributed by atoms with Crippen LogP contribution >= 0.6 is 11.6 Å². The Balaban J connectivity index is 1.07. The number of hydrogen-bond donors (Lipinski definition) is 3. The lowest BCUT2D eigenvalue weighted by atomic mass is 9.99. The van der Waals surface area contributed by atoms with Gasteiger partial charge in [0.05, 0.1) is 27.3 Å². The summed E-state index contributed by atoms with van der Waals surface area (Å²) in [6.45, 7) is 11.2. The second-order valence-corrected chi connectivity index (χ2v) is 23.9. The molecule has 0 spiro atoms. The minimum absolute atomic E-state index is 0.0800. The summed E-state index contributed by atoms with van der Waals surface area (Å²) in [6, 6.07) is 20.0. The number of piperidine rings is 1. The maximum absolute atomic E-state index is 15.7. The van der Waals surface area contributed by atoms with Crippen molar-refractivity contribution >= 4 is 64.0 Å². The first kappa shape index (κ1) is 52.0. The molecule has 2 aliphatic rings. The summed E-state index contributed by atoms with van der Waals surface area (Å²) >= 11 is 6.23. The van der Waals surface area contributed by atoms with E-state index in [4.69, 9.17) is 11.6 Å². The summed E-state index contributed by atoms with van der Waals surface area (Å²) in [5.41, 5.74) is -2.04. The van der Waals surface area contributed by atoms with Gasteiger partial charge in [-0.15, -0.1) is 0 Å². The zero-order chi connectivity index (χ0) is 50.2. The summed E-state index contributed by atoms with van der Waals surface area (Å²) < 4.78 is 142. The highest BCUT2D eigenvalue weighted by atomic mass is 35.5. The van der Waals surface area contributed by atoms with Crippen LogP contribution in [0.4, 0.5) is 40.3 Å². The molecule has 1 atom stereocenters. The number of nitrogens with zero attached hydrogens (tertiary/aromatic N) is 4. The molecule has 21 heteroatoms. The highest BCUT2D eigenvalue weighted by Gasteiger charge is 2.48. The zero-order valence-corrected chi connectivity index (χ0v) is 42.1. The number of nitrogens with one attached hydrogen (secondary N) is 2. The average molecular weight is 1040 g/mol. The zero-order valence-electron chi connectivity index (χ0n) is 38.9. The number of piperazine rings is 1. The van der Waals surface area contributed by atoms with E-state index in [0.29, 0.717) is 111 Å². The number of aromatic nitrogens is 1. The molecule has 2 aliphatic heterocycles. The van der Waals surface area contributed by atoms with E-state index in [9.17, 15) is 43.5 Å². The standard InChI is InChI=1S/C48H57ClF4N6O7S3/c1-6-37(17-20-56-21-18-41(60)19-22-56)54-43-16-15-42(30-44(43)68(63,64)48(51,52)53)69(65,66)55-38-11-13-39(14-12-38)57-23-25-58(26-24-57)40-28-34(27-36(50)29-40)45-46(33-7-9-35(49)10-8-33)59(31(2)3)32(4)47(45)67(5,61)62/h7-16,27-31,37,41,54-55,60H,6,17-26H2,1-5H3/t37-/m0/s1. The van der Waals surface area contributed by atoms with Crippen LogP contribution in [0.2, 0.25) is 5.02 Å². The maximum Gasteiger partial charge on any atom is 0.501 e. The first-order valence-corrected chi connectivity index (χ1v) is 27.9. The van der Waals surface area contributed by atoms with Gasteiger partial charge in [-0.25, -0.2) is 29.6 Å². The lowest BCUT2D eigenvalue weighted by molar-refractivity contribution is -0.0435. The molecule has 0 aliphatic carbocycles. The third-order valence-corrected chi connectivity index (χ3v) is 17.2. The molecule has 4 aromatic carbocycles. The van der Waals surface area contributed by atoms with E-state index < -0.39 is 56.9 Å². The van der Waals surface area contributed by atoms with Crippen molar-refractivity contribution < 1.29 is 47.9 Å². The van der Waals surface area contributed by atoms with Crippen LogP contribution in [-0.2, 0) is 29.7 Å². The minimum Gasteiger partial charge on any atom is -0.393 e. The number of aliphatic hydroxyl groups excluding tert-OH is 1. The van der Waals surface area contributed by atoms with Crippen molar-refractivity contribution in [1.29, 1.82) is 0 Å². The van der Waals surface area contributed by atoms with E-state index >= 15 is 4.39 Å². The van der Waals surface area contributed by atoms with E-state index in [0.717, 1.165) is 29.6 Å². The molecule has 2 saturated heterocycles. The van der Waals surface area contributed by atoms with Gasteiger partial charge in [0.25, 0.3) is 19.9 Å². The Kier molecular flexibility index (Phi) is 15.4. The fourth-order valence-corrected chi connectivity index (χ4v) is 12.7. The molecular weight excluding hydrogens is 980 g/mol. The van der Waals surface area contributed by atoms with E-state index in [-0.39, 0.29) is 28.4 Å². The monoisotopic (exact) mass is 1040 g/mol. The molecule has 0 saturated carbocycles. The molecular formula is C48H57ClF4N6O7S3. The highest BCUT2D eigenvalue weighted by molar-refractivity contribution is 7.93. The van der Waals surface area contributed by atoms with Gasteiger partial charge in [-0.05, 0) is 130 Å². The van der Waals surface area contributed by atoms with Gasteiger partial charge >= 0.3 is 5.51 Å². The van der Waals surface area contributed by atoms with E-state index in [1.165, 1.54) is 24.3 Å². The number of benzene rings is 4. The fourth-order valence-electron chi connectivity index (χ4n) is 9.24. The number of rotatable bonds is 16. The molecule has 0 unspecified atom stereocenters.